The molecule has 1 aliphatic rings. The lowest BCUT2D eigenvalue weighted by molar-refractivity contribution is -0.384. The summed E-state index contributed by atoms with van der Waals surface area (Å²) in [4.78, 5) is 25.0. The second-order valence-corrected chi connectivity index (χ2v) is 9.39. The molecule has 0 bridgehead atoms. The predicted octanol–water partition coefficient (Wildman–Crippen LogP) is 4.64. The number of halogens is 1. The monoisotopic (exact) mass is 471 g/mol. The van der Waals surface area contributed by atoms with Crippen molar-refractivity contribution in [3.05, 3.63) is 93.0 Å². The van der Waals surface area contributed by atoms with Crippen LogP contribution in [0.5, 0.6) is 0 Å². The maximum atomic E-state index is 13.0. The summed E-state index contributed by atoms with van der Waals surface area (Å²) in [7, 11) is -3.97. The van der Waals surface area contributed by atoms with E-state index >= 15 is 0 Å². The van der Waals surface area contributed by atoms with Crippen LogP contribution in [0.15, 0.2) is 71.6 Å². The van der Waals surface area contributed by atoms with Crippen molar-refractivity contribution in [2.75, 3.05) is 16.2 Å². The third-order valence-electron chi connectivity index (χ3n) is 5.13. The zero-order valence-electron chi connectivity index (χ0n) is 16.7. The van der Waals surface area contributed by atoms with Crippen LogP contribution >= 0.6 is 11.6 Å². The first-order chi connectivity index (χ1) is 15.2. The molecule has 0 saturated heterocycles. The SMILES string of the molecule is O=C(c1ccc(Cl)cc1)N1CCCc2cc(S(=O)(=O)Nc3cccc([N+](=O)[O-])c3)ccc21. The fourth-order valence-corrected chi connectivity index (χ4v) is 4.82. The smallest absolute Gasteiger partial charge is 0.271 e. The molecule has 3 aromatic carbocycles. The van der Waals surface area contributed by atoms with E-state index in [0.29, 0.717) is 35.7 Å². The third-order valence-corrected chi connectivity index (χ3v) is 6.76. The molecule has 0 fully saturated rings. The molecule has 3 aromatic rings. The number of non-ortho nitro benzene ring substituents is 1. The van der Waals surface area contributed by atoms with E-state index in [0.717, 1.165) is 11.6 Å². The second kappa shape index (κ2) is 8.60. The van der Waals surface area contributed by atoms with Crippen molar-refractivity contribution in [1.82, 2.24) is 0 Å². The lowest BCUT2D eigenvalue weighted by atomic mass is 10.0. The Kier molecular flexibility index (Phi) is 5.86. The Bertz CT molecular complexity index is 1310. The van der Waals surface area contributed by atoms with Gasteiger partial charge in [0.2, 0.25) is 0 Å². The van der Waals surface area contributed by atoms with Gasteiger partial charge in [0.1, 0.15) is 0 Å². The van der Waals surface area contributed by atoms with Gasteiger partial charge in [0.15, 0.2) is 0 Å². The van der Waals surface area contributed by atoms with Crippen LogP contribution in [0.3, 0.4) is 0 Å². The number of hydrogen-bond acceptors (Lipinski definition) is 5. The van der Waals surface area contributed by atoms with Crippen LogP contribution < -0.4 is 9.62 Å². The standard InChI is InChI=1S/C22H18ClN3O5S/c23-17-8-6-15(7-9-17)22(27)25-12-2-3-16-13-20(10-11-21(16)25)32(30,31)24-18-4-1-5-19(14-18)26(28)29/h1,4-11,13-14,24H,2-3,12H2. The van der Waals surface area contributed by atoms with Crippen molar-refractivity contribution in [3.8, 4) is 0 Å². The highest BCUT2D eigenvalue weighted by Crippen LogP contribution is 2.31. The Morgan fingerprint density at radius 3 is 2.53 bits per heavy atom. The average molecular weight is 472 g/mol. The van der Waals surface area contributed by atoms with Crippen LogP contribution in [-0.2, 0) is 16.4 Å². The van der Waals surface area contributed by atoms with Crippen LogP contribution in [0.25, 0.3) is 0 Å². The Balaban J connectivity index is 1.62. The summed E-state index contributed by atoms with van der Waals surface area (Å²) in [5.74, 6) is -0.187. The summed E-state index contributed by atoms with van der Waals surface area (Å²) < 4.78 is 28.1. The van der Waals surface area contributed by atoms with Gasteiger partial charge < -0.3 is 4.90 Å². The fourth-order valence-electron chi connectivity index (χ4n) is 3.60. The van der Waals surface area contributed by atoms with Crippen LogP contribution in [-0.4, -0.2) is 25.8 Å². The maximum Gasteiger partial charge on any atom is 0.271 e. The number of rotatable bonds is 5. The van der Waals surface area contributed by atoms with Gasteiger partial charge in [-0.15, -0.1) is 0 Å². The molecule has 1 aliphatic heterocycles. The largest absolute Gasteiger partial charge is 0.308 e. The molecule has 1 amide bonds. The molecule has 0 unspecified atom stereocenters. The van der Waals surface area contributed by atoms with Crippen molar-refractivity contribution >= 4 is 44.6 Å². The number of carbonyl (C=O) groups is 1. The summed E-state index contributed by atoms with van der Waals surface area (Å²) in [5, 5.41) is 11.5. The molecule has 164 valence electrons. The zero-order valence-corrected chi connectivity index (χ0v) is 18.3. The van der Waals surface area contributed by atoms with Gasteiger partial charge in [0, 0.05) is 35.0 Å². The first-order valence-corrected chi connectivity index (χ1v) is 11.6. The van der Waals surface area contributed by atoms with Crippen LogP contribution in [0.4, 0.5) is 17.1 Å². The minimum absolute atomic E-state index is 0.0172. The highest BCUT2D eigenvalue weighted by Gasteiger charge is 2.26. The topological polar surface area (TPSA) is 110 Å². The number of nitro groups is 1. The molecular weight excluding hydrogens is 454 g/mol. The van der Waals surface area contributed by atoms with E-state index in [1.54, 1.807) is 35.2 Å². The number of carbonyl (C=O) groups excluding carboxylic acids is 1. The summed E-state index contributed by atoms with van der Waals surface area (Å²) in [5.41, 5.74) is 1.76. The number of benzene rings is 3. The van der Waals surface area contributed by atoms with Gasteiger partial charge in [-0.3, -0.25) is 19.6 Å². The molecule has 10 heteroatoms. The van der Waals surface area contributed by atoms with Gasteiger partial charge in [-0.05, 0) is 66.9 Å². The number of nitrogens with zero attached hydrogens (tertiary/aromatic N) is 2. The minimum Gasteiger partial charge on any atom is -0.308 e. The van der Waals surface area contributed by atoms with E-state index in [4.69, 9.17) is 11.6 Å². The first-order valence-electron chi connectivity index (χ1n) is 9.72. The summed E-state index contributed by atoms with van der Waals surface area (Å²) in [6.45, 7) is 0.520. The Labute approximate surface area is 189 Å². The van der Waals surface area contributed by atoms with E-state index in [1.165, 1.54) is 30.3 Å². The highest BCUT2D eigenvalue weighted by molar-refractivity contribution is 7.92. The Morgan fingerprint density at radius 2 is 1.81 bits per heavy atom. The summed E-state index contributed by atoms with van der Waals surface area (Å²) in [6, 6.07) is 16.5. The highest BCUT2D eigenvalue weighted by atomic mass is 35.5. The second-order valence-electron chi connectivity index (χ2n) is 7.27. The van der Waals surface area contributed by atoms with Crippen LogP contribution in [0.2, 0.25) is 5.02 Å². The van der Waals surface area contributed by atoms with E-state index in [1.807, 2.05) is 0 Å². The Morgan fingerprint density at radius 1 is 1.06 bits per heavy atom. The molecule has 32 heavy (non-hydrogen) atoms. The van der Waals surface area contributed by atoms with Crippen molar-refractivity contribution in [1.29, 1.82) is 0 Å². The van der Waals surface area contributed by atoms with Gasteiger partial charge in [-0.1, -0.05) is 17.7 Å². The first kappa shape index (κ1) is 21.8. The van der Waals surface area contributed by atoms with Gasteiger partial charge >= 0.3 is 0 Å². The minimum atomic E-state index is -3.97. The number of sulfonamides is 1. The third kappa shape index (κ3) is 4.44. The fraction of sp³-hybridized carbons (Fsp3) is 0.136. The van der Waals surface area contributed by atoms with Gasteiger partial charge in [0.25, 0.3) is 21.6 Å². The number of fused-ring (bicyclic) bond motifs is 1. The number of amides is 1. The summed E-state index contributed by atoms with van der Waals surface area (Å²) >= 11 is 5.90. The Hall–Kier alpha value is -3.43. The van der Waals surface area contributed by atoms with E-state index in [-0.39, 0.29) is 22.2 Å². The molecule has 0 aromatic heterocycles. The average Bonchev–Trinajstić information content (AvgIpc) is 2.78. The van der Waals surface area contributed by atoms with E-state index in [9.17, 15) is 23.3 Å². The van der Waals surface area contributed by atoms with Crippen molar-refractivity contribution in [2.24, 2.45) is 0 Å². The van der Waals surface area contributed by atoms with Crippen molar-refractivity contribution in [2.45, 2.75) is 17.7 Å². The predicted molar refractivity (Wildman–Crippen MR) is 122 cm³/mol. The number of aryl methyl sites for hydroxylation is 1. The molecule has 4 rings (SSSR count). The van der Waals surface area contributed by atoms with E-state index in [2.05, 4.69) is 4.72 Å². The van der Waals surface area contributed by atoms with E-state index < -0.39 is 14.9 Å². The zero-order chi connectivity index (χ0) is 22.9. The number of anilines is 2. The maximum absolute atomic E-state index is 13.0. The molecule has 1 N–H and O–H groups in total. The van der Waals surface area contributed by atoms with Crippen molar-refractivity contribution < 1.29 is 18.1 Å². The molecule has 1 heterocycles. The van der Waals surface area contributed by atoms with Gasteiger partial charge in [-0.25, -0.2) is 8.42 Å². The van der Waals surface area contributed by atoms with Crippen LogP contribution in [0, 0.1) is 10.1 Å². The van der Waals surface area contributed by atoms with Gasteiger partial charge in [0.05, 0.1) is 15.5 Å². The number of nitrogens with one attached hydrogen (secondary N) is 1. The molecular formula is C22H18ClN3O5S. The van der Waals surface area contributed by atoms with Crippen LogP contribution in [0.1, 0.15) is 22.3 Å². The molecule has 8 nitrogen and oxygen atoms in total. The lowest BCUT2D eigenvalue weighted by Gasteiger charge is -2.30. The quantitative estimate of drug-likeness (QED) is 0.430. The lowest BCUT2D eigenvalue weighted by Crippen LogP contribution is -2.35. The molecule has 0 atom stereocenters. The van der Waals surface area contributed by atoms with Crippen molar-refractivity contribution in [3.63, 3.8) is 0 Å². The molecule has 0 radical (unpaired) electrons. The van der Waals surface area contributed by atoms with Gasteiger partial charge in [-0.2, -0.15) is 0 Å². The number of hydrogen-bond donors (Lipinski definition) is 1. The molecule has 0 saturated carbocycles. The molecule has 0 aliphatic carbocycles. The number of nitro benzene ring substituents is 1. The summed E-state index contributed by atoms with van der Waals surface area (Å²) in [6.07, 6.45) is 1.31. The normalized spacial score (nSPS) is 13.3. The molecule has 0 spiro atoms.